The number of allylic oxidation sites excluding steroid dienone is 1. The summed E-state index contributed by atoms with van der Waals surface area (Å²) < 4.78 is 17.9. The fourth-order valence-electron chi connectivity index (χ4n) is 1.97. The molecule has 0 bridgehead atoms. The normalized spacial score (nSPS) is 13.2. The number of ether oxygens (including phenoxy) is 1. The Bertz CT molecular complexity index is 949. The van der Waals surface area contributed by atoms with Gasteiger partial charge in [-0.25, -0.2) is 19.4 Å². The number of anilines is 1. The molecule has 10 nitrogen and oxygen atoms in total. The van der Waals surface area contributed by atoms with Gasteiger partial charge in [0.2, 0.25) is 11.9 Å². The van der Waals surface area contributed by atoms with E-state index in [1.165, 1.54) is 6.33 Å². The third-order valence-electron chi connectivity index (χ3n) is 3.34. The first-order chi connectivity index (χ1) is 13.2. The predicted octanol–water partition coefficient (Wildman–Crippen LogP) is 2.17. The number of carbonyl (C=O) groups excluding carboxylic acids is 1. The van der Waals surface area contributed by atoms with E-state index in [0.717, 1.165) is 18.7 Å². The van der Waals surface area contributed by atoms with Crippen molar-refractivity contribution in [3.63, 3.8) is 0 Å². The zero-order chi connectivity index (χ0) is 20.9. The maximum Gasteiger partial charge on any atom is 0.317 e. The molecule has 0 radical (unpaired) electrons. The number of nitrogens with one attached hydrogen (secondary N) is 2. The van der Waals surface area contributed by atoms with E-state index in [0.29, 0.717) is 16.2 Å². The number of amides is 1. The monoisotopic (exact) mass is 408 g/mol. The zero-order valence-corrected chi connectivity index (χ0v) is 16.7. The van der Waals surface area contributed by atoms with Crippen LogP contribution in [0.25, 0.3) is 11.2 Å². The Hall–Kier alpha value is -3.02. The number of nitrogens with two attached hydrogens (primary N) is 1. The summed E-state index contributed by atoms with van der Waals surface area (Å²) in [6.45, 7) is 9.75. The van der Waals surface area contributed by atoms with E-state index in [1.54, 1.807) is 20.8 Å². The van der Waals surface area contributed by atoms with E-state index in [1.807, 2.05) is 0 Å². The van der Waals surface area contributed by atoms with Gasteiger partial charge in [0, 0.05) is 0 Å². The van der Waals surface area contributed by atoms with Crippen molar-refractivity contribution in [2.75, 3.05) is 12.3 Å². The van der Waals surface area contributed by atoms with Crippen molar-refractivity contribution in [2.45, 2.75) is 37.5 Å². The second-order valence-electron chi connectivity index (χ2n) is 5.92. The van der Waals surface area contributed by atoms with Crippen LogP contribution >= 0.6 is 11.8 Å². The van der Waals surface area contributed by atoms with Crippen LogP contribution in [0.3, 0.4) is 0 Å². The Kier molecular flexibility index (Phi) is 6.67. The number of halogens is 1. The van der Waals surface area contributed by atoms with Gasteiger partial charge in [0.25, 0.3) is 0 Å². The molecule has 0 atom stereocenters. The average Bonchev–Trinajstić information content (AvgIpc) is 3.08. The minimum Gasteiger partial charge on any atom is -0.464 e. The molecule has 0 fully saturated rings. The van der Waals surface area contributed by atoms with E-state index in [-0.39, 0.29) is 24.4 Å². The van der Waals surface area contributed by atoms with Crippen molar-refractivity contribution >= 4 is 47.5 Å². The number of nitrogen functional groups attached to an aromatic ring is 1. The average molecular weight is 408 g/mol. The van der Waals surface area contributed by atoms with Gasteiger partial charge in [0.05, 0.1) is 17.7 Å². The summed E-state index contributed by atoms with van der Waals surface area (Å²) in [6.07, 6.45) is 1.45. The van der Waals surface area contributed by atoms with Crippen LogP contribution in [-0.4, -0.2) is 49.9 Å². The molecule has 150 valence electrons. The first kappa shape index (κ1) is 21.3. The summed E-state index contributed by atoms with van der Waals surface area (Å²) in [5.41, 5.74) is 6.63. The molecule has 2 heterocycles. The molecular weight excluding hydrogens is 387 g/mol. The topological polar surface area (TPSA) is 144 Å². The van der Waals surface area contributed by atoms with Crippen molar-refractivity contribution in [3.8, 4) is 0 Å². The molecule has 1 amide bonds. The second-order valence-corrected chi connectivity index (χ2v) is 7.53. The summed E-state index contributed by atoms with van der Waals surface area (Å²) in [7, 11) is 0. The SMILES string of the molecule is C=N/C(=N\C(NC(=O)C(C)(C)Sc1nc(N)nc2nc[nH]c12)=C(/C)F)OCC. The number of imidazole rings is 1. The highest BCUT2D eigenvalue weighted by Crippen LogP contribution is 2.35. The van der Waals surface area contributed by atoms with Gasteiger partial charge >= 0.3 is 6.02 Å². The van der Waals surface area contributed by atoms with Gasteiger partial charge in [0.1, 0.15) is 16.4 Å². The lowest BCUT2D eigenvalue weighted by Crippen LogP contribution is -2.39. The van der Waals surface area contributed by atoms with Crippen LogP contribution in [0.2, 0.25) is 0 Å². The van der Waals surface area contributed by atoms with Crippen molar-refractivity contribution in [1.29, 1.82) is 0 Å². The summed E-state index contributed by atoms with van der Waals surface area (Å²) in [5, 5.41) is 2.88. The number of rotatable bonds is 6. The number of hydrogen-bond donors (Lipinski definition) is 3. The van der Waals surface area contributed by atoms with Crippen LogP contribution in [0.15, 0.2) is 33.0 Å². The van der Waals surface area contributed by atoms with E-state index >= 15 is 0 Å². The molecular formula is C16H21FN8O2S. The van der Waals surface area contributed by atoms with Crippen LogP contribution in [0.1, 0.15) is 27.7 Å². The molecule has 2 rings (SSSR count). The van der Waals surface area contributed by atoms with Gasteiger partial charge in [-0.15, -0.1) is 0 Å². The highest BCUT2D eigenvalue weighted by atomic mass is 32.2. The van der Waals surface area contributed by atoms with Gasteiger partial charge in [-0.1, -0.05) is 11.8 Å². The number of thioether (sulfide) groups is 1. The zero-order valence-electron chi connectivity index (χ0n) is 15.9. The minimum atomic E-state index is -1.07. The van der Waals surface area contributed by atoms with Crippen LogP contribution in [0.4, 0.5) is 10.3 Å². The highest BCUT2D eigenvalue weighted by Gasteiger charge is 2.32. The number of carbonyl (C=O) groups is 1. The quantitative estimate of drug-likeness (QED) is 0.287. The lowest BCUT2D eigenvalue weighted by molar-refractivity contribution is -0.122. The van der Waals surface area contributed by atoms with Gasteiger partial charge < -0.3 is 20.8 Å². The third kappa shape index (κ3) is 5.03. The molecule has 0 spiro atoms. The number of nitrogens with zero attached hydrogens (tertiary/aromatic N) is 5. The molecule has 0 aromatic carbocycles. The van der Waals surface area contributed by atoms with Gasteiger partial charge in [0.15, 0.2) is 11.5 Å². The summed E-state index contributed by atoms with van der Waals surface area (Å²) in [5.74, 6) is -1.51. The molecule has 4 N–H and O–H groups in total. The largest absolute Gasteiger partial charge is 0.464 e. The summed E-state index contributed by atoms with van der Waals surface area (Å²) in [4.78, 5) is 35.3. The minimum absolute atomic E-state index is 0.0292. The van der Waals surface area contributed by atoms with Crippen molar-refractivity contribution < 1.29 is 13.9 Å². The maximum atomic E-state index is 13.9. The van der Waals surface area contributed by atoms with E-state index in [9.17, 15) is 9.18 Å². The number of hydrogen-bond acceptors (Lipinski definition) is 8. The molecule has 0 unspecified atom stereocenters. The van der Waals surface area contributed by atoms with E-state index < -0.39 is 16.5 Å². The molecule has 2 aromatic rings. The Morgan fingerprint density at radius 2 is 2.21 bits per heavy atom. The Labute approximate surface area is 165 Å². The molecule has 12 heteroatoms. The number of aliphatic imine (C=N–C) groups is 2. The molecule has 28 heavy (non-hydrogen) atoms. The first-order valence-corrected chi connectivity index (χ1v) is 9.01. The van der Waals surface area contributed by atoms with Crippen LogP contribution in [0.5, 0.6) is 0 Å². The Morgan fingerprint density at radius 1 is 1.50 bits per heavy atom. The molecule has 0 saturated heterocycles. The predicted molar refractivity (Wildman–Crippen MR) is 107 cm³/mol. The van der Waals surface area contributed by atoms with Crippen LogP contribution in [0, 0.1) is 0 Å². The van der Waals surface area contributed by atoms with Crippen molar-refractivity contribution in [3.05, 3.63) is 18.0 Å². The fourth-order valence-corrected chi connectivity index (χ4v) is 2.99. The molecule has 0 aliphatic rings. The molecule has 2 aromatic heterocycles. The smallest absolute Gasteiger partial charge is 0.317 e. The molecule has 0 aliphatic heterocycles. The van der Waals surface area contributed by atoms with Crippen LogP contribution in [-0.2, 0) is 9.53 Å². The van der Waals surface area contributed by atoms with Gasteiger partial charge in [-0.3, -0.25) is 4.79 Å². The number of H-pyrrole nitrogens is 1. The number of fused-ring (bicyclic) bond motifs is 1. The lowest BCUT2D eigenvalue weighted by atomic mass is 10.2. The highest BCUT2D eigenvalue weighted by molar-refractivity contribution is 8.01. The Morgan fingerprint density at radius 3 is 2.82 bits per heavy atom. The van der Waals surface area contributed by atoms with Gasteiger partial charge in [-0.2, -0.15) is 9.98 Å². The fraction of sp³-hybridized carbons (Fsp3) is 0.375. The summed E-state index contributed by atoms with van der Waals surface area (Å²) >= 11 is 1.12. The van der Waals surface area contributed by atoms with E-state index in [4.69, 9.17) is 10.5 Å². The maximum absolute atomic E-state index is 13.9. The van der Waals surface area contributed by atoms with Crippen LogP contribution < -0.4 is 11.1 Å². The number of aromatic nitrogens is 4. The van der Waals surface area contributed by atoms with Crippen molar-refractivity contribution in [1.82, 2.24) is 25.3 Å². The molecule has 0 aliphatic carbocycles. The van der Waals surface area contributed by atoms with Crippen molar-refractivity contribution in [2.24, 2.45) is 9.98 Å². The second kappa shape index (κ2) is 8.78. The number of aromatic amines is 1. The molecule has 0 saturated carbocycles. The van der Waals surface area contributed by atoms with E-state index in [2.05, 4.69) is 42.0 Å². The Balaban J connectivity index is 2.26. The first-order valence-electron chi connectivity index (χ1n) is 8.19. The number of amidine groups is 1. The summed E-state index contributed by atoms with van der Waals surface area (Å²) in [6, 6.07) is -0.150. The third-order valence-corrected chi connectivity index (χ3v) is 4.53. The van der Waals surface area contributed by atoms with Gasteiger partial charge in [-0.05, 0) is 34.4 Å². The lowest BCUT2D eigenvalue weighted by Gasteiger charge is -2.22. The standard InChI is InChI=1S/C16H21FN8O2S/c1-6-27-15(19-5)24-10(8(2)17)22-13(26)16(3,4)28-12-9-11(21-7-20-9)23-14(18)25-12/h7H,5-6H2,1-4H3,(H,22,26)(H3,18,20,21,23,25)/b10-8+,24-15+.